The largest absolute Gasteiger partial charge is 0.393 e. The number of rotatable bonds is 3. The first-order chi connectivity index (χ1) is 8.08. The smallest absolute Gasteiger partial charge is 0.223 e. The van der Waals surface area contributed by atoms with E-state index >= 15 is 0 Å². The van der Waals surface area contributed by atoms with Crippen molar-refractivity contribution in [2.75, 3.05) is 6.54 Å². The van der Waals surface area contributed by atoms with E-state index < -0.39 is 6.10 Å². The summed E-state index contributed by atoms with van der Waals surface area (Å²) < 4.78 is 1.96. The van der Waals surface area contributed by atoms with Crippen molar-refractivity contribution in [1.29, 1.82) is 0 Å². The molecule has 2 rings (SSSR count). The first kappa shape index (κ1) is 12.0. The maximum absolute atomic E-state index is 12.0. The molecule has 6 heteroatoms. The van der Waals surface area contributed by atoms with E-state index in [2.05, 4.69) is 10.2 Å². The number of aliphatic hydroxyl groups is 1. The Morgan fingerprint density at radius 3 is 3.00 bits per heavy atom. The standard InChI is InChI=1S/C11H18N4O2/c1-8(9(2)16)5-11(17)14-3-4-15-7-12-13-10(15)6-14/h7-9,16H,3-6H2,1-2H3/t8-,9?/m1/s1. The lowest BCUT2D eigenvalue weighted by Gasteiger charge is -2.28. The first-order valence-corrected chi connectivity index (χ1v) is 5.90. The van der Waals surface area contributed by atoms with Gasteiger partial charge in [0.25, 0.3) is 0 Å². The van der Waals surface area contributed by atoms with Crippen LogP contribution in [0.4, 0.5) is 0 Å². The van der Waals surface area contributed by atoms with Gasteiger partial charge in [-0.15, -0.1) is 10.2 Å². The minimum atomic E-state index is -0.451. The van der Waals surface area contributed by atoms with E-state index in [-0.39, 0.29) is 11.8 Å². The van der Waals surface area contributed by atoms with Gasteiger partial charge in [0.15, 0.2) is 5.82 Å². The predicted octanol–water partition coefficient (Wildman–Crippen LogP) is 0.0273. The number of hydrogen-bond acceptors (Lipinski definition) is 4. The fraction of sp³-hybridized carbons (Fsp3) is 0.727. The van der Waals surface area contributed by atoms with Gasteiger partial charge in [0, 0.05) is 19.5 Å². The Morgan fingerprint density at radius 2 is 2.29 bits per heavy atom. The summed E-state index contributed by atoms with van der Waals surface area (Å²) in [7, 11) is 0. The van der Waals surface area contributed by atoms with Crippen LogP contribution >= 0.6 is 0 Å². The molecule has 0 aromatic carbocycles. The molecule has 0 saturated heterocycles. The van der Waals surface area contributed by atoms with Gasteiger partial charge >= 0.3 is 0 Å². The van der Waals surface area contributed by atoms with Crippen molar-refractivity contribution >= 4 is 5.91 Å². The fourth-order valence-electron chi connectivity index (χ4n) is 1.85. The van der Waals surface area contributed by atoms with Gasteiger partial charge in [-0.05, 0) is 12.8 Å². The number of carbonyl (C=O) groups is 1. The molecule has 1 unspecified atom stereocenters. The molecule has 0 bridgehead atoms. The molecule has 1 aliphatic heterocycles. The van der Waals surface area contributed by atoms with Crippen LogP contribution < -0.4 is 0 Å². The van der Waals surface area contributed by atoms with Gasteiger partial charge in [0.1, 0.15) is 6.33 Å². The van der Waals surface area contributed by atoms with E-state index in [4.69, 9.17) is 0 Å². The van der Waals surface area contributed by atoms with Crippen molar-refractivity contribution in [2.45, 2.75) is 39.5 Å². The third kappa shape index (κ3) is 2.63. The zero-order valence-electron chi connectivity index (χ0n) is 10.2. The lowest BCUT2D eigenvalue weighted by molar-refractivity contribution is -0.134. The third-order valence-electron chi connectivity index (χ3n) is 3.31. The summed E-state index contributed by atoms with van der Waals surface area (Å²) in [6.45, 7) is 5.55. The first-order valence-electron chi connectivity index (χ1n) is 5.90. The van der Waals surface area contributed by atoms with Crippen molar-refractivity contribution in [1.82, 2.24) is 19.7 Å². The summed E-state index contributed by atoms with van der Waals surface area (Å²) in [5, 5.41) is 17.2. The molecular weight excluding hydrogens is 220 g/mol. The number of amides is 1. The van der Waals surface area contributed by atoms with Crippen LogP contribution in [0.25, 0.3) is 0 Å². The number of aromatic nitrogens is 3. The fourth-order valence-corrected chi connectivity index (χ4v) is 1.85. The number of carbonyl (C=O) groups excluding carboxylic acids is 1. The summed E-state index contributed by atoms with van der Waals surface area (Å²) >= 11 is 0. The average Bonchev–Trinajstić information content (AvgIpc) is 2.75. The topological polar surface area (TPSA) is 71.2 Å². The van der Waals surface area contributed by atoms with Crippen LogP contribution in [-0.2, 0) is 17.9 Å². The lowest BCUT2D eigenvalue weighted by atomic mass is 10.0. The number of aliphatic hydroxyl groups excluding tert-OH is 1. The summed E-state index contributed by atoms with van der Waals surface area (Å²) in [4.78, 5) is 13.8. The van der Waals surface area contributed by atoms with Crippen molar-refractivity contribution in [3.8, 4) is 0 Å². The third-order valence-corrected chi connectivity index (χ3v) is 3.31. The highest BCUT2D eigenvalue weighted by Crippen LogP contribution is 2.14. The van der Waals surface area contributed by atoms with E-state index in [0.717, 1.165) is 12.4 Å². The zero-order valence-corrected chi connectivity index (χ0v) is 10.2. The van der Waals surface area contributed by atoms with Crippen molar-refractivity contribution < 1.29 is 9.90 Å². The molecule has 0 aliphatic carbocycles. The van der Waals surface area contributed by atoms with Crippen LogP contribution in [-0.4, -0.2) is 43.3 Å². The van der Waals surface area contributed by atoms with Gasteiger partial charge in [-0.1, -0.05) is 6.92 Å². The highest BCUT2D eigenvalue weighted by molar-refractivity contribution is 5.76. The van der Waals surface area contributed by atoms with Crippen molar-refractivity contribution in [3.05, 3.63) is 12.2 Å². The quantitative estimate of drug-likeness (QED) is 0.806. The molecule has 2 atom stereocenters. The molecule has 2 heterocycles. The summed E-state index contributed by atoms with van der Waals surface area (Å²) in [5.41, 5.74) is 0. The van der Waals surface area contributed by atoms with Crippen molar-refractivity contribution in [3.63, 3.8) is 0 Å². The summed E-state index contributed by atoms with van der Waals surface area (Å²) in [6.07, 6.45) is 1.62. The van der Waals surface area contributed by atoms with Gasteiger partial charge in [-0.3, -0.25) is 4.79 Å². The molecule has 1 aromatic heterocycles. The molecule has 1 aromatic rings. The molecule has 1 N–H and O–H groups in total. The van der Waals surface area contributed by atoms with E-state index in [1.54, 1.807) is 18.2 Å². The second-order valence-corrected chi connectivity index (χ2v) is 4.68. The SMILES string of the molecule is CC(O)[C@H](C)CC(=O)N1CCn2cnnc2C1. The van der Waals surface area contributed by atoms with Crippen LogP contribution in [0, 0.1) is 5.92 Å². The summed E-state index contributed by atoms with van der Waals surface area (Å²) in [6, 6.07) is 0. The van der Waals surface area contributed by atoms with E-state index in [9.17, 15) is 9.90 Å². The van der Waals surface area contributed by atoms with Crippen molar-refractivity contribution in [2.24, 2.45) is 5.92 Å². The molecule has 6 nitrogen and oxygen atoms in total. The molecule has 0 spiro atoms. The summed E-state index contributed by atoms with van der Waals surface area (Å²) in [5.74, 6) is 0.893. The molecule has 1 amide bonds. The van der Waals surface area contributed by atoms with Gasteiger partial charge in [-0.2, -0.15) is 0 Å². The van der Waals surface area contributed by atoms with Crippen LogP contribution in [0.3, 0.4) is 0 Å². The monoisotopic (exact) mass is 238 g/mol. The molecule has 0 fully saturated rings. The second-order valence-electron chi connectivity index (χ2n) is 4.68. The van der Waals surface area contributed by atoms with Crippen LogP contribution in [0.1, 0.15) is 26.1 Å². The zero-order chi connectivity index (χ0) is 12.4. The van der Waals surface area contributed by atoms with E-state index in [1.165, 1.54) is 0 Å². The van der Waals surface area contributed by atoms with Gasteiger partial charge < -0.3 is 14.6 Å². The molecule has 94 valence electrons. The highest BCUT2D eigenvalue weighted by Gasteiger charge is 2.24. The Bertz CT molecular complexity index is 402. The Balaban J connectivity index is 1.94. The van der Waals surface area contributed by atoms with Crippen LogP contribution in [0.5, 0.6) is 0 Å². The van der Waals surface area contributed by atoms with Gasteiger partial charge in [0.2, 0.25) is 5.91 Å². The van der Waals surface area contributed by atoms with Gasteiger partial charge in [0.05, 0.1) is 12.6 Å². The molecule has 0 saturated carbocycles. The van der Waals surface area contributed by atoms with Crippen LogP contribution in [0.2, 0.25) is 0 Å². The Morgan fingerprint density at radius 1 is 1.53 bits per heavy atom. The number of nitrogens with zero attached hydrogens (tertiary/aromatic N) is 4. The van der Waals surface area contributed by atoms with E-state index in [0.29, 0.717) is 19.5 Å². The Labute approximate surface area is 100 Å². The minimum absolute atomic E-state index is 0.0118. The predicted molar refractivity (Wildman–Crippen MR) is 60.9 cm³/mol. The highest BCUT2D eigenvalue weighted by atomic mass is 16.3. The maximum atomic E-state index is 12.0. The van der Waals surface area contributed by atoms with E-state index in [1.807, 2.05) is 11.5 Å². The second kappa shape index (κ2) is 4.83. The molecule has 1 aliphatic rings. The number of hydrogen-bond donors (Lipinski definition) is 1. The minimum Gasteiger partial charge on any atom is -0.393 e. The molecule has 17 heavy (non-hydrogen) atoms. The molecular formula is C11H18N4O2. The maximum Gasteiger partial charge on any atom is 0.223 e. The van der Waals surface area contributed by atoms with Gasteiger partial charge in [-0.25, -0.2) is 0 Å². The van der Waals surface area contributed by atoms with Crippen LogP contribution in [0.15, 0.2) is 6.33 Å². The Kier molecular flexibility index (Phi) is 3.42. The number of fused-ring (bicyclic) bond motifs is 1. The normalized spacial score (nSPS) is 18.6. The molecule has 0 radical (unpaired) electrons. The Hall–Kier alpha value is -1.43. The average molecular weight is 238 g/mol. The lowest BCUT2D eigenvalue weighted by Crippen LogP contribution is -2.39.